The number of H-pyrrole nitrogens is 1. The van der Waals surface area contributed by atoms with Gasteiger partial charge in [0, 0.05) is 23.4 Å². The number of benzene rings is 1. The summed E-state index contributed by atoms with van der Waals surface area (Å²) in [5, 5.41) is 18.6. The van der Waals surface area contributed by atoms with Crippen molar-refractivity contribution in [2.45, 2.75) is 52.1 Å². The van der Waals surface area contributed by atoms with Crippen LogP contribution in [0.1, 0.15) is 50.5 Å². The first kappa shape index (κ1) is 24.1. The number of hydrogen-bond donors (Lipinski definition) is 4. The molecule has 9 nitrogen and oxygen atoms in total. The minimum absolute atomic E-state index is 0.0988. The third-order valence-electron chi connectivity index (χ3n) is 5.68. The first-order chi connectivity index (χ1) is 15.6. The Morgan fingerprint density at radius 3 is 2.67 bits per heavy atom. The lowest BCUT2D eigenvalue weighted by molar-refractivity contribution is -0.125. The van der Waals surface area contributed by atoms with E-state index in [1.54, 1.807) is 19.2 Å². The lowest BCUT2D eigenvalue weighted by atomic mass is 9.87. The SMILES string of the molecule is COc1cccc2[nH]c(C(=O)NC(CC(C)(C)C)C(=O)NC(C#N)CC3CCNC3=O)cc12. The Kier molecular flexibility index (Phi) is 7.26. The summed E-state index contributed by atoms with van der Waals surface area (Å²) >= 11 is 0. The van der Waals surface area contributed by atoms with Crippen LogP contribution < -0.4 is 20.7 Å². The zero-order chi connectivity index (χ0) is 24.2. The zero-order valence-corrected chi connectivity index (χ0v) is 19.5. The second-order valence-corrected chi connectivity index (χ2v) is 9.60. The number of rotatable bonds is 8. The molecule has 0 radical (unpaired) electrons. The van der Waals surface area contributed by atoms with Crippen molar-refractivity contribution in [3.63, 3.8) is 0 Å². The zero-order valence-electron chi connectivity index (χ0n) is 19.5. The number of methoxy groups -OCH3 is 1. The van der Waals surface area contributed by atoms with Crippen molar-refractivity contribution in [2.75, 3.05) is 13.7 Å². The molecule has 1 aliphatic rings. The third kappa shape index (κ3) is 6.04. The number of fused-ring (bicyclic) bond motifs is 1. The summed E-state index contributed by atoms with van der Waals surface area (Å²) in [7, 11) is 1.56. The number of nitrogens with one attached hydrogen (secondary N) is 4. The van der Waals surface area contributed by atoms with E-state index in [4.69, 9.17) is 4.74 Å². The number of aromatic nitrogens is 1. The summed E-state index contributed by atoms with van der Waals surface area (Å²) in [5.41, 5.74) is 0.795. The molecule has 0 bridgehead atoms. The summed E-state index contributed by atoms with van der Waals surface area (Å²) < 4.78 is 5.35. The maximum Gasteiger partial charge on any atom is 0.268 e. The number of nitrogens with zero attached hydrogens (tertiary/aromatic N) is 1. The van der Waals surface area contributed by atoms with Crippen molar-refractivity contribution < 1.29 is 19.1 Å². The van der Waals surface area contributed by atoms with Gasteiger partial charge in [0.2, 0.25) is 11.8 Å². The van der Waals surface area contributed by atoms with Crippen LogP contribution in [0, 0.1) is 22.7 Å². The molecule has 1 saturated heterocycles. The van der Waals surface area contributed by atoms with Gasteiger partial charge in [0.1, 0.15) is 23.5 Å². The highest BCUT2D eigenvalue weighted by Crippen LogP contribution is 2.26. The van der Waals surface area contributed by atoms with Gasteiger partial charge in [-0.15, -0.1) is 0 Å². The van der Waals surface area contributed by atoms with Crippen LogP contribution in [0.15, 0.2) is 24.3 Å². The van der Waals surface area contributed by atoms with E-state index in [1.165, 1.54) is 0 Å². The van der Waals surface area contributed by atoms with Crippen LogP contribution in [-0.4, -0.2) is 48.4 Å². The first-order valence-electron chi connectivity index (χ1n) is 11.1. The summed E-state index contributed by atoms with van der Waals surface area (Å²) in [4.78, 5) is 41.0. The minimum Gasteiger partial charge on any atom is -0.496 e. The monoisotopic (exact) mass is 453 g/mol. The van der Waals surface area contributed by atoms with Crippen LogP contribution in [0.4, 0.5) is 0 Å². The molecule has 1 aromatic carbocycles. The second kappa shape index (κ2) is 9.94. The van der Waals surface area contributed by atoms with Gasteiger partial charge < -0.3 is 25.7 Å². The van der Waals surface area contributed by atoms with Gasteiger partial charge in [0.05, 0.1) is 13.2 Å². The van der Waals surface area contributed by atoms with Crippen molar-refractivity contribution >= 4 is 28.6 Å². The molecular formula is C24H31N5O4. The van der Waals surface area contributed by atoms with E-state index in [0.29, 0.717) is 30.8 Å². The molecule has 3 unspecified atom stereocenters. The maximum atomic E-state index is 13.1. The number of carbonyl (C=O) groups is 3. The van der Waals surface area contributed by atoms with Crippen LogP contribution in [0.5, 0.6) is 5.75 Å². The molecule has 2 heterocycles. The van der Waals surface area contributed by atoms with Crippen molar-refractivity contribution in [1.82, 2.24) is 20.9 Å². The Morgan fingerprint density at radius 2 is 2.06 bits per heavy atom. The fourth-order valence-electron chi connectivity index (χ4n) is 4.06. The fourth-order valence-corrected chi connectivity index (χ4v) is 4.06. The number of hydrogen-bond acceptors (Lipinski definition) is 5. The second-order valence-electron chi connectivity index (χ2n) is 9.60. The molecule has 0 aliphatic carbocycles. The van der Waals surface area contributed by atoms with Gasteiger partial charge in [-0.2, -0.15) is 5.26 Å². The summed E-state index contributed by atoms with van der Waals surface area (Å²) in [5.74, 6) is -0.636. The Balaban J connectivity index is 1.74. The van der Waals surface area contributed by atoms with Crippen LogP contribution in [0.3, 0.4) is 0 Å². The van der Waals surface area contributed by atoms with E-state index in [0.717, 1.165) is 10.9 Å². The topological polar surface area (TPSA) is 136 Å². The van der Waals surface area contributed by atoms with E-state index in [2.05, 4.69) is 27.0 Å². The Morgan fingerprint density at radius 1 is 1.30 bits per heavy atom. The fraction of sp³-hybridized carbons (Fsp3) is 0.500. The van der Waals surface area contributed by atoms with E-state index in [1.807, 2.05) is 32.9 Å². The highest BCUT2D eigenvalue weighted by atomic mass is 16.5. The molecule has 9 heteroatoms. The quantitative estimate of drug-likeness (QED) is 0.486. The number of nitriles is 1. The van der Waals surface area contributed by atoms with Crippen LogP contribution >= 0.6 is 0 Å². The van der Waals surface area contributed by atoms with Gasteiger partial charge in [-0.05, 0) is 42.9 Å². The van der Waals surface area contributed by atoms with Gasteiger partial charge in [-0.25, -0.2) is 0 Å². The van der Waals surface area contributed by atoms with Crippen molar-refractivity contribution in [3.8, 4) is 11.8 Å². The number of carbonyl (C=O) groups excluding carboxylic acids is 3. The molecule has 0 spiro atoms. The highest BCUT2D eigenvalue weighted by molar-refractivity contribution is 6.01. The Labute approximate surface area is 193 Å². The molecule has 176 valence electrons. The molecule has 3 amide bonds. The molecule has 1 aromatic heterocycles. The molecular weight excluding hydrogens is 422 g/mol. The normalized spacial score (nSPS) is 17.7. The maximum absolute atomic E-state index is 13.1. The molecule has 2 aromatic rings. The third-order valence-corrected chi connectivity index (χ3v) is 5.68. The average Bonchev–Trinajstić information content (AvgIpc) is 3.37. The molecule has 3 atom stereocenters. The predicted octanol–water partition coefficient (Wildman–Crippen LogP) is 2.25. The van der Waals surface area contributed by atoms with E-state index in [-0.39, 0.29) is 23.7 Å². The molecule has 33 heavy (non-hydrogen) atoms. The lowest BCUT2D eigenvalue weighted by Crippen LogP contribution is -2.51. The van der Waals surface area contributed by atoms with Crippen molar-refractivity contribution in [3.05, 3.63) is 30.0 Å². The minimum atomic E-state index is -0.848. The van der Waals surface area contributed by atoms with E-state index >= 15 is 0 Å². The van der Waals surface area contributed by atoms with Crippen molar-refractivity contribution in [1.29, 1.82) is 5.26 Å². The van der Waals surface area contributed by atoms with E-state index in [9.17, 15) is 19.6 Å². The Hall–Kier alpha value is -3.54. The number of ether oxygens (including phenoxy) is 1. The van der Waals surface area contributed by atoms with Gasteiger partial charge in [-0.1, -0.05) is 26.8 Å². The van der Waals surface area contributed by atoms with Gasteiger partial charge in [0.15, 0.2) is 0 Å². The smallest absolute Gasteiger partial charge is 0.268 e. The van der Waals surface area contributed by atoms with Crippen LogP contribution in [0.2, 0.25) is 0 Å². The van der Waals surface area contributed by atoms with Crippen LogP contribution in [0.25, 0.3) is 10.9 Å². The lowest BCUT2D eigenvalue weighted by Gasteiger charge is -2.27. The standard InChI is InChI=1S/C24H31N5O4/c1-24(2,3)12-19(23(32)27-15(13-25)10-14-8-9-26-21(14)30)29-22(31)18-11-16-17(28-18)6-5-7-20(16)33-4/h5-7,11,14-15,19,28H,8-10,12H2,1-4H3,(H,26,30)(H,27,32)(H,29,31). The Bertz CT molecular complexity index is 1080. The van der Waals surface area contributed by atoms with Gasteiger partial charge in [0.25, 0.3) is 5.91 Å². The molecule has 1 aliphatic heterocycles. The number of amides is 3. The summed E-state index contributed by atoms with van der Waals surface area (Å²) in [6.07, 6.45) is 1.25. The average molecular weight is 454 g/mol. The molecule has 3 rings (SSSR count). The predicted molar refractivity (Wildman–Crippen MR) is 123 cm³/mol. The molecule has 0 saturated carbocycles. The van der Waals surface area contributed by atoms with Crippen molar-refractivity contribution in [2.24, 2.45) is 11.3 Å². The van der Waals surface area contributed by atoms with Gasteiger partial charge in [-0.3, -0.25) is 14.4 Å². The molecule has 1 fully saturated rings. The summed E-state index contributed by atoms with van der Waals surface area (Å²) in [6.45, 7) is 6.49. The summed E-state index contributed by atoms with van der Waals surface area (Å²) in [6, 6.07) is 7.56. The van der Waals surface area contributed by atoms with Crippen LogP contribution in [-0.2, 0) is 9.59 Å². The highest BCUT2D eigenvalue weighted by Gasteiger charge is 2.32. The largest absolute Gasteiger partial charge is 0.496 e. The first-order valence-corrected chi connectivity index (χ1v) is 11.1. The molecule has 4 N–H and O–H groups in total. The number of aromatic amines is 1. The van der Waals surface area contributed by atoms with E-state index < -0.39 is 23.9 Å². The van der Waals surface area contributed by atoms with Gasteiger partial charge >= 0.3 is 0 Å².